The lowest BCUT2D eigenvalue weighted by molar-refractivity contribution is -0.134. The Bertz CT molecular complexity index is 946. The maximum Gasteiger partial charge on any atom is 0.337 e. The average molecular weight is 462 g/mol. The van der Waals surface area contributed by atoms with Crippen molar-refractivity contribution in [3.63, 3.8) is 0 Å². The molecule has 0 N–H and O–H groups in total. The summed E-state index contributed by atoms with van der Waals surface area (Å²) in [6, 6.07) is 10.3. The molecule has 1 unspecified atom stereocenters. The molecule has 0 aliphatic carbocycles. The minimum atomic E-state index is -0.408. The first-order valence-corrected chi connectivity index (χ1v) is 11.0. The predicted octanol–water partition coefficient (Wildman–Crippen LogP) is 4.01. The fourth-order valence-corrected chi connectivity index (χ4v) is 3.98. The van der Waals surface area contributed by atoms with Crippen LogP contribution < -0.4 is 14.2 Å². The third-order valence-corrected chi connectivity index (χ3v) is 5.80. The fourth-order valence-electron chi connectivity index (χ4n) is 3.85. The first-order chi connectivity index (χ1) is 15.5. The minimum Gasteiger partial charge on any atom is -0.493 e. The molecule has 1 heterocycles. The summed E-state index contributed by atoms with van der Waals surface area (Å²) in [5, 5.41) is 0. The SMILES string of the molecule is COC(=O)c1ccc(OCC2c3cc(OC)c(OC)cc3CCN2C(=O)CCCCl)cc1. The molecular weight excluding hydrogens is 434 g/mol. The maximum atomic E-state index is 12.9. The van der Waals surface area contributed by atoms with Crippen molar-refractivity contribution < 1.29 is 28.5 Å². The molecule has 0 radical (unpaired) electrons. The van der Waals surface area contributed by atoms with Crippen LogP contribution in [0.5, 0.6) is 17.2 Å². The molecule has 1 aliphatic rings. The third kappa shape index (κ3) is 5.27. The Balaban J connectivity index is 1.87. The van der Waals surface area contributed by atoms with Crippen LogP contribution in [-0.2, 0) is 16.0 Å². The van der Waals surface area contributed by atoms with Crippen LogP contribution in [-0.4, -0.2) is 57.1 Å². The largest absolute Gasteiger partial charge is 0.493 e. The summed E-state index contributed by atoms with van der Waals surface area (Å²) in [6.45, 7) is 0.839. The summed E-state index contributed by atoms with van der Waals surface area (Å²) in [7, 11) is 4.53. The van der Waals surface area contributed by atoms with Gasteiger partial charge in [-0.1, -0.05) is 0 Å². The van der Waals surface area contributed by atoms with Gasteiger partial charge in [-0.15, -0.1) is 11.6 Å². The van der Waals surface area contributed by atoms with Gasteiger partial charge in [0.05, 0.1) is 32.9 Å². The van der Waals surface area contributed by atoms with E-state index in [1.807, 2.05) is 17.0 Å². The molecule has 8 heteroatoms. The zero-order valence-electron chi connectivity index (χ0n) is 18.6. The predicted molar refractivity (Wildman–Crippen MR) is 121 cm³/mol. The van der Waals surface area contributed by atoms with E-state index in [-0.39, 0.29) is 18.6 Å². The first-order valence-electron chi connectivity index (χ1n) is 10.4. The van der Waals surface area contributed by atoms with Gasteiger partial charge in [0, 0.05) is 18.8 Å². The molecule has 2 aromatic carbocycles. The van der Waals surface area contributed by atoms with Gasteiger partial charge in [-0.3, -0.25) is 4.79 Å². The number of carbonyl (C=O) groups is 2. The number of benzene rings is 2. The number of alkyl halides is 1. The Hall–Kier alpha value is -2.93. The van der Waals surface area contributed by atoms with Crippen molar-refractivity contribution in [2.75, 3.05) is 40.4 Å². The number of ether oxygens (including phenoxy) is 4. The molecular formula is C24H28ClNO6. The van der Waals surface area contributed by atoms with Crippen molar-refractivity contribution in [1.29, 1.82) is 0 Å². The maximum absolute atomic E-state index is 12.9. The van der Waals surface area contributed by atoms with Crippen LogP contribution in [0.3, 0.4) is 0 Å². The van der Waals surface area contributed by atoms with Crippen LogP contribution >= 0.6 is 11.6 Å². The molecule has 1 aliphatic heterocycles. The van der Waals surface area contributed by atoms with Crippen LogP contribution in [0.2, 0.25) is 0 Å². The Morgan fingerprint density at radius 3 is 2.38 bits per heavy atom. The van der Waals surface area contributed by atoms with Gasteiger partial charge in [0.15, 0.2) is 11.5 Å². The zero-order valence-corrected chi connectivity index (χ0v) is 19.3. The molecule has 0 fully saturated rings. The number of hydrogen-bond acceptors (Lipinski definition) is 6. The summed E-state index contributed by atoms with van der Waals surface area (Å²) in [4.78, 5) is 26.4. The summed E-state index contributed by atoms with van der Waals surface area (Å²) in [5.74, 6) is 1.93. The van der Waals surface area contributed by atoms with Crippen molar-refractivity contribution in [2.24, 2.45) is 0 Å². The van der Waals surface area contributed by atoms with E-state index in [0.717, 1.165) is 11.1 Å². The third-order valence-electron chi connectivity index (χ3n) is 5.53. The molecule has 1 atom stereocenters. The number of nitrogens with zero attached hydrogens (tertiary/aromatic N) is 1. The van der Waals surface area contributed by atoms with Crippen molar-refractivity contribution >= 4 is 23.5 Å². The van der Waals surface area contributed by atoms with E-state index in [1.165, 1.54) is 7.11 Å². The fraction of sp³-hybridized carbons (Fsp3) is 0.417. The molecule has 32 heavy (non-hydrogen) atoms. The number of hydrogen-bond donors (Lipinski definition) is 0. The number of carbonyl (C=O) groups excluding carboxylic acids is 2. The van der Waals surface area contributed by atoms with E-state index >= 15 is 0 Å². The summed E-state index contributed by atoms with van der Waals surface area (Å²) >= 11 is 5.80. The monoisotopic (exact) mass is 461 g/mol. The first kappa shape index (κ1) is 23.7. The van der Waals surface area contributed by atoms with Gasteiger partial charge >= 0.3 is 5.97 Å². The second kappa shape index (κ2) is 11.1. The second-order valence-electron chi connectivity index (χ2n) is 7.38. The lowest BCUT2D eigenvalue weighted by Gasteiger charge is -2.37. The van der Waals surface area contributed by atoms with Crippen LogP contribution in [0.15, 0.2) is 36.4 Å². The number of amides is 1. The lowest BCUT2D eigenvalue weighted by atomic mass is 9.91. The Kier molecular flexibility index (Phi) is 8.22. The van der Waals surface area contributed by atoms with E-state index in [4.69, 9.17) is 30.5 Å². The Morgan fingerprint density at radius 1 is 1.06 bits per heavy atom. The Morgan fingerprint density at radius 2 is 1.75 bits per heavy atom. The quantitative estimate of drug-likeness (QED) is 0.415. The number of halogens is 1. The van der Waals surface area contributed by atoms with Crippen LogP contribution in [0.4, 0.5) is 0 Å². The smallest absolute Gasteiger partial charge is 0.337 e. The Labute approximate surface area is 193 Å². The van der Waals surface area contributed by atoms with Gasteiger partial charge in [0.25, 0.3) is 0 Å². The molecule has 3 rings (SSSR count). The van der Waals surface area contributed by atoms with Crippen LogP contribution in [0.1, 0.15) is 40.4 Å². The summed E-state index contributed by atoms with van der Waals surface area (Å²) in [6.07, 6.45) is 1.72. The van der Waals surface area contributed by atoms with Gasteiger partial charge in [0.1, 0.15) is 12.4 Å². The normalized spacial score (nSPS) is 15.0. The van der Waals surface area contributed by atoms with Gasteiger partial charge < -0.3 is 23.8 Å². The van der Waals surface area contributed by atoms with Gasteiger partial charge in [-0.25, -0.2) is 4.79 Å². The number of esters is 1. The molecule has 0 saturated carbocycles. The minimum absolute atomic E-state index is 0.0423. The average Bonchev–Trinajstić information content (AvgIpc) is 2.84. The highest BCUT2D eigenvalue weighted by atomic mass is 35.5. The van der Waals surface area contributed by atoms with E-state index in [0.29, 0.717) is 54.5 Å². The second-order valence-corrected chi connectivity index (χ2v) is 7.76. The highest BCUT2D eigenvalue weighted by Crippen LogP contribution is 2.38. The van der Waals surface area contributed by atoms with Crippen molar-refractivity contribution in [3.05, 3.63) is 53.1 Å². The molecule has 1 amide bonds. The number of methoxy groups -OCH3 is 3. The van der Waals surface area contributed by atoms with Crippen molar-refractivity contribution in [1.82, 2.24) is 4.90 Å². The van der Waals surface area contributed by atoms with E-state index < -0.39 is 5.97 Å². The summed E-state index contributed by atoms with van der Waals surface area (Å²) in [5.41, 5.74) is 2.51. The van der Waals surface area contributed by atoms with Gasteiger partial charge in [-0.2, -0.15) is 0 Å². The molecule has 0 aromatic heterocycles. The molecule has 0 bridgehead atoms. The van der Waals surface area contributed by atoms with E-state index in [2.05, 4.69) is 0 Å². The standard InChI is InChI=1S/C24H28ClNO6/c1-29-21-13-17-10-12-26(23(27)5-4-11-25)20(19(17)14-22(21)30-2)15-32-18-8-6-16(7-9-18)24(28)31-3/h6-9,13-14,20H,4-5,10-12,15H2,1-3H3. The number of fused-ring (bicyclic) bond motifs is 1. The lowest BCUT2D eigenvalue weighted by Crippen LogP contribution is -2.42. The molecule has 172 valence electrons. The highest BCUT2D eigenvalue weighted by molar-refractivity contribution is 6.17. The number of rotatable bonds is 9. The van der Waals surface area contributed by atoms with E-state index in [1.54, 1.807) is 38.5 Å². The molecule has 7 nitrogen and oxygen atoms in total. The van der Waals surface area contributed by atoms with Crippen LogP contribution in [0, 0.1) is 0 Å². The molecule has 2 aromatic rings. The zero-order chi connectivity index (χ0) is 23.1. The molecule has 0 spiro atoms. The van der Waals surface area contributed by atoms with E-state index in [9.17, 15) is 9.59 Å². The topological polar surface area (TPSA) is 74.3 Å². The van der Waals surface area contributed by atoms with Crippen molar-refractivity contribution in [2.45, 2.75) is 25.3 Å². The highest BCUT2D eigenvalue weighted by Gasteiger charge is 2.32. The van der Waals surface area contributed by atoms with Gasteiger partial charge in [-0.05, 0) is 60.4 Å². The van der Waals surface area contributed by atoms with Crippen LogP contribution in [0.25, 0.3) is 0 Å². The molecule has 0 saturated heterocycles. The summed E-state index contributed by atoms with van der Waals surface area (Å²) < 4.78 is 21.7. The van der Waals surface area contributed by atoms with Gasteiger partial charge in [0.2, 0.25) is 5.91 Å². The van der Waals surface area contributed by atoms with Crippen molar-refractivity contribution in [3.8, 4) is 17.2 Å².